The maximum atomic E-state index is 11.8. The maximum Gasteiger partial charge on any atom is 0.253 e. The molecular formula is C12H15Cl2NO2S. The van der Waals surface area contributed by atoms with Crippen LogP contribution < -0.4 is 5.32 Å². The minimum atomic E-state index is -1.26. The van der Waals surface area contributed by atoms with Crippen molar-refractivity contribution < 1.29 is 9.90 Å². The average molecular weight is 308 g/mol. The summed E-state index contributed by atoms with van der Waals surface area (Å²) in [6.45, 7) is 1.88. The number of nitrogens with one attached hydrogen (secondary N) is 1. The van der Waals surface area contributed by atoms with Gasteiger partial charge >= 0.3 is 0 Å². The van der Waals surface area contributed by atoms with Crippen LogP contribution in [0.3, 0.4) is 0 Å². The Hall–Kier alpha value is -0.420. The molecule has 0 fully saturated rings. The predicted octanol–water partition coefficient (Wildman–Crippen LogP) is 2.89. The molecule has 0 spiro atoms. The molecule has 0 radical (unpaired) electrons. The number of halogens is 2. The molecule has 0 heterocycles. The number of amides is 1. The van der Waals surface area contributed by atoms with Gasteiger partial charge in [0.2, 0.25) is 0 Å². The van der Waals surface area contributed by atoms with E-state index in [9.17, 15) is 9.90 Å². The van der Waals surface area contributed by atoms with Crippen molar-refractivity contribution in [3.05, 3.63) is 33.8 Å². The summed E-state index contributed by atoms with van der Waals surface area (Å²) in [6.07, 6.45) is 0.695. The molecule has 0 bridgehead atoms. The highest BCUT2D eigenvalue weighted by Crippen LogP contribution is 2.23. The highest BCUT2D eigenvalue weighted by molar-refractivity contribution is 7.98. The van der Waals surface area contributed by atoms with E-state index in [1.54, 1.807) is 17.8 Å². The predicted molar refractivity (Wildman–Crippen MR) is 77.4 cm³/mol. The number of carbonyl (C=O) groups is 1. The minimum Gasteiger partial charge on any atom is -0.378 e. The lowest BCUT2D eigenvalue weighted by Gasteiger charge is -2.16. The Labute approximate surface area is 121 Å². The van der Waals surface area contributed by atoms with Crippen LogP contribution in [0.1, 0.15) is 18.6 Å². The molecule has 0 aliphatic heterocycles. The Morgan fingerprint density at radius 2 is 1.94 bits per heavy atom. The van der Waals surface area contributed by atoms with Gasteiger partial charge in [0.05, 0.1) is 0 Å². The van der Waals surface area contributed by atoms with Gasteiger partial charge in [0, 0.05) is 21.8 Å². The fourth-order valence-electron chi connectivity index (χ4n) is 1.50. The number of aliphatic hydroxyl groups is 1. The third-order valence-corrected chi connectivity index (χ3v) is 3.52. The summed E-state index contributed by atoms with van der Waals surface area (Å²) in [5, 5.41) is 13.4. The van der Waals surface area contributed by atoms with Crippen molar-refractivity contribution in [3.8, 4) is 0 Å². The fourth-order valence-corrected chi connectivity index (χ4v) is 2.62. The first kappa shape index (κ1) is 15.6. The minimum absolute atomic E-state index is 0.00296. The number of carbonyl (C=O) groups excluding carboxylic acids is 1. The van der Waals surface area contributed by atoms with Crippen LogP contribution in [-0.2, 0) is 4.79 Å². The van der Waals surface area contributed by atoms with Gasteiger partial charge in [-0.15, -0.1) is 0 Å². The summed E-state index contributed by atoms with van der Waals surface area (Å²) in [5.41, 5.74) is 0.390. The fraction of sp³-hybridized carbons (Fsp3) is 0.417. The van der Waals surface area contributed by atoms with Crippen molar-refractivity contribution in [2.24, 2.45) is 0 Å². The SMILES string of the molecule is CSCC(C)NC(=O)C(O)c1cc(Cl)cc(Cl)c1. The molecule has 0 aromatic heterocycles. The van der Waals surface area contributed by atoms with E-state index in [1.165, 1.54) is 12.1 Å². The van der Waals surface area contributed by atoms with Crippen molar-refractivity contribution >= 4 is 40.9 Å². The number of hydrogen-bond donors (Lipinski definition) is 2. The van der Waals surface area contributed by atoms with Gasteiger partial charge in [0.1, 0.15) is 0 Å². The molecule has 3 nitrogen and oxygen atoms in total. The van der Waals surface area contributed by atoms with Crippen LogP contribution in [0.4, 0.5) is 0 Å². The van der Waals surface area contributed by atoms with Crippen molar-refractivity contribution in [3.63, 3.8) is 0 Å². The molecule has 0 aliphatic carbocycles. The van der Waals surface area contributed by atoms with Crippen molar-refractivity contribution in [2.75, 3.05) is 12.0 Å². The lowest BCUT2D eigenvalue weighted by Crippen LogP contribution is -2.37. The lowest BCUT2D eigenvalue weighted by molar-refractivity contribution is -0.130. The second kappa shape index (κ2) is 7.24. The first-order valence-electron chi connectivity index (χ1n) is 5.37. The first-order chi connectivity index (χ1) is 8.43. The van der Waals surface area contributed by atoms with E-state index in [-0.39, 0.29) is 6.04 Å². The molecule has 1 aromatic carbocycles. The van der Waals surface area contributed by atoms with Gasteiger partial charge < -0.3 is 10.4 Å². The quantitative estimate of drug-likeness (QED) is 0.879. The number of benzene rings is 1. The van der Waals surface area contributed by atoms with Crippen LogP contribution in [0.5, 0.6) is 0 Å². The van der Waals surface area contributed by atoms with Gasteiger partial charge in [-0.2, -0.15) is 11.8 Å². The molecule has 1 amide bonds. The maximum absolute atomic E-state index is 11.8. The average Bonchev–Trinajstić information content (AvgIpc) is 2.26. The Bertz CT molecular complexity index is 408. The molecule has 2 N–H and O–H groups in total. The van der Waals surface area contributed by atoms with E-state index in [1.807, 2.05) is 13.2 Å². The molecule has 2 atom stereocenters. The van der Waals surface area contributed by atoms with Gasteiger partial charge in [-0.25, -0.2) is 0 Å². The smallest absolute Gasteiger partial charge is 0.253 e. The molecule has 1 rings (SSSR count). The van der Waals surface area contributed by atoms with Crippen LogP contribution in [0.15, 0.2) is 18.2 Å². The molecule has 0 saturated carbocycles. The highest BCUT2D eigenvalue weighted by Gasteiger charge is 2.19. The number of thioether (sulfide) groups is 1. The van der Waals surface area contributed by atoms with E-state index in [2.05, 4.69) is 5.32 Å². The Balaban J connectivity index is 2.73. The monoisotopic (exact) mass is 307 g/mol. The van der Waals surface area contributed by atoms with Crippen LogP contribution in [0.2, 0.25) is 10.0 Å². The van der Waals surface area contributed by atoms with Crippen LogP contribution in [0, 0.1) is 0 Å². The van der Waals surface area contributed by atoms with Gasteiger partial charge in [0.15, 0.2) is 6.10 Å². The zero-order valence-electron chi connectivity index (χ0n) is 10.1. The van der Waals surface area contributed by atoms with E-state index >= 15 is 0 Å². The molecule has 18 heavy (non-hydrogen) atoms. The third-order valence-electron chi connectivity index (χ3n) is 2.25. The second-order valence-corrected chi connectivity index (χ2v) is 5.75. The summed E-state index contributed by atoms with van der Waals surface area (Å²) in [7, 11) is 0. The molecule has 2 unspecified atom stereocenters. The largest absolute Gasteiger partial charge is 0.378 e. The van der Waals surface area contributed by atoms with Crippen LogP contribution in [0.25, 0.3) is 0 Å². The molecular weight excluding hydrogens is 293 g/mol. The van der Waals surface area contributed by atoms with E-state index in [4.69, 9.17) is 23.2 Å². The van der Waals surface area contributed by atoms with Gasteiger partial charge in [-0.3, -0.25) is 4.79 Å². The topological polar surface area (TPSA) is 49.3 Å². The van der Waals surface area contributed by atoms with Crippen molar-refractivity contribution in [1.29, 1.82) is 0 Å². The summed E-state index contributed by atoms with van der Waals surface area (Å²) < 4.78 is 0. The molecule has 100 valence electrons. The zero-order valence-corrected chi connectivity index (χ0v) is 12.4. The summed E-state index contributed by atoms with van der Waals surface area (Å²) in [6, 6.07) is 4.60. The Morgan fingerprint density at radius 3 is 2.44 bits per heavy atom. The first-order valence-corrected chi connectivity index (χ1v) is 7.52. The molecule has 0 aliphatic rings. The van der Waals surface area contributed by atoms with Crippen LogP contribution in [-0.4, -0.2) is 29.1 Å². The summed E-state index contributed by atoms with van der Waals surface area (Å²) in [5.74, 6) is 0.337. The van der Waals surface area contributed by atoms with E-state index in [0.717, 1.165) is 5.75 Å². The third kappa shape index (κ3) is 4.69. The Morgan fingerprint density at radius 1 is 1.39 bits per heavy atom. The lowest BCUT2D eigenvalue weighted by atomic mass is 10.1. The number of aliphatic hydroxyl groups excluding tert-OH is 1. The normalized spacial score (nSPS) is 14.1. The van der Waals surface area contributed by atoms with Crippen LogP contribution >= 0.6 is 35.0 Å². The highest BCUT2D eigenvalue weighted by atomic mass is 35.5. The second-order valence-electron chi connectivity index (χ2n) is 3.97. The van der Waals surface area contributed by atoms with Gasteiger partial charge in [-0.05, 0) is 36.9 Å². The van der Waals surface area contributed by atoms with Gasteiger partial charge in [-0.1, -0.05) is 23.2 Å². The molecule has 1 aromatic rings. The van der Waals surface area contributed by atoms with E-state index < -0.39 is 12.0 Å². The van der Waals surface area contributed by atoms with E-state index in [0.29, 0.717) is 15.6 Å². The summed E-state index contributed by atoms with van der Waals surface area (Å²) in [4.78, 5) is 11.8. The zero-order chi connectivity index (χ0) is 13.7. The Kier molecular flexibility index (Phi) is 6.29. The summed E-state index contributed by atoms with van der Waals surface area (Å²) >= 11 is 13.3. The molecule has 6 heteroatoms. The van der Waals surface area contributed by atoms with Crippen molar-refractivity contribution in [1.82, 2.24) is 5.32 Å². The van der Waals surface area contributed by atoms with Gasteiger partial charge in [0.25, 0.3) is 5.91 Å². The number of rotatable bonds is 5. The molecule has 0 saturated heterocycles. The number of hydrogen-bond acceptors (Lipinski definition) is 3. The van der Waals surface area contributed by atoms with Crippen molar-refractivity contribution in [2.45, 2.75) is 19.1 Å². The standard InChI is InChI=1S/C12H15Cl2NO2S/c1-7(6-18-2)15-12(17)11(16)8-3-9(13)5-10(14)4-8/h3-5,7,11,16H,6H2,1-2H3,(H,15,17).